The van der Waals surface area contributed by atoms with E-state index in [1.54, 1.807) is 31.4 Å². The van der Waals surface area contributed by atoms with E-state index in [0.717, 1.165) is 6.42 Å². The SMILES string of the molecule is COc1ccc(C(=O)OCC(=O)NCCc2ccccc2C)cc1. The Bertz CT molecular complexity index is 695. The zero-order valence-electron chi connectivity index (χ0n) is 13.9. The topological polar surface area (TPSA) is 64.6 Å². The van der Waals surface area contributed by atoms with Crippen molar-refractivity contribution < 1.29 is 19.1 Å². The highest BCUT2D eigenvalue weighted by Gasteiger charge is 2.10. The number of rotatable bonds is 7. The second kappa shape index (κ2) is 8.72. The van der Waals surface area contributed by atoms with E-state index in [0.29, 0.717) is 17.9 Å². The van der Waals surface area contributed by atoms with Crippen molar-refractivity contribution >= 4 is 11.9 Å². The summed E-state index contributed by atoms with van der Waals surface area (Å²) >= 11 is 0. The van der Waals surface area contributed by atoms with E-state index < -0.39 is 5.97 Å². The van der Waals surface area contributed by atoms with Crippen LogP contribution in [0.15, 0.2) is 48.5 Å². The summed E-state index contributed by atoms with van der Waals surface area (Å²) < 4.78 is 10.0. The maximum absolute atomic E-state index is 11.8. The maximum atomic E-state index is 11.8. The van der Waals surface area contributed by atoms with Crippen molar-refractivity contribution in [1.82, 2.24) is 5.32 Å². The normalized spacial score (nSPS) is 10.1. The third-order valence-electron chi connectivity index (χ3n) is 3.64. The minimum absolute atomic E-state index is 0.293. The molecule has 126 valence electrons. The molecule has 2 aromatic rings. The van der Waals surface area contributed by atoms with Gasteiger partial charge in [-0.25, -0.2) is 4.79 Å². The molecule has 0 heterocycles. The number of amides is 1. The Morgan fingerprint density at radius 3 is 2.42 bits per heavy atom. The molecule has 0 fully saturated rings. The lowest BCUT2D eigenvalue weighted by Gasteiger charge is -2.08. The average Bonchev–Trinajstić information content (AvgIpc) is 2.61. The highest BCUT2D eigenvalue weighted by Crippen LogP contribution is 2.12. The van der Waals surface area contributed by atoms with Gasteiger partial charge < -0.3 is 14.8 Å². The number of aryl methyl sites for hydroxylation is 1. The molecule has 5 nitrogen and oxygen atoms in total. The smallest absolute Gasteiger partial charge is 0.338 e. The summed E-state index contributed by atoms with van der Waals surface area (Å²) in [5.41, 5.74) is 2.76. The van der Waals surface area contributed by atoms with E-state index in [9.17, 15) is 9.59 Å². The molecule has 0 spiro atoms. The van der Waals surface area contributed by atoms with Crippen molar-refractivity contribution in [2.75, 3.05) is 20.3 Å². The molecular formula is C19H21NO4. The first-order valence-corrected chi connectivity index (χ1v) is 7.72. The van der Waals surface area contributed by atoms with Crippen LogP contribution >= 0.6 is 0 Å². The van der Waals surface area contributed by atoms with E-state index in [-0.39, 0.29) is 12.5 Å². The molecule has 0 unspecified atom stereocenters. The van der Waals surface area contributed by atoms with Crippen LogP contribution in [0.25, 0.3) is 0 Å². The lowest BCUT2D eigenvalue weighted by atomic mass is 10.1. The van der Waals surface area contributed by atoms with Gasteiger partial charge in [-0.1, -0.05) is 24.3 Å². The van der Waals surface area contributed by atoms with Gasteiger partial charge in [0.25, 0.3) is 5.91 Å². The molecule has 0 bridgehead atoms. The van der Waals surface area contributed by atoms with Gasteiger partial charge in [0.1, 0.15) is 5.75 Å². The molecule has 0 atom stereocenters. The lowest BCUT2D eigenvalue weighted by molar-refractivity contribution is -0.124. The minimum atomic E-state index is -0.535. The Labute approximate surface area is 141 Å². The van der Waals surface area contributed by atoms with Crippen molar-refractivity contribution in [3.05, 3.63) is 65.2 Å². The van der Waals surface area contributed by atoms with Crippen LogP contribution in [0.1, 0.15) is 21.5 Å². The molecular weight excluding hydrogens is 306 g/mol. The summed E-state index contributed by atoms with van der Waals surface area (Å²) in [6.45, 7) is 2.25. The number of hydrogen-bond donors (Lipinski definition) is 1. The van der Waals surface area contributed by atoms with Gasteiger partial charge in [-0.05, 0) is 48.7 Å². The molecule has 24 heavy (non-hydrogen) atoms. The van der Waals surface area contributed by atoms with Crippen LogP contribution < -0.4 is 10.1 Å². The molecule has 1 amide bonds. The van der Waals surface area contributed by atoms with Crippen molar-refractivity contribution in [3.8, 4) is 5.75 Å². The Kier molecular flexibility index (Phi) is 6.37. The van der Waals surface area contributed by atoms with Crippen molar-refractivity contribution in [2.24, 2.45) is 0 Å². The standard InChI is InChI=1S/C19H21NO4/c1-14-5-3-4-6-15(14)11-12-20-18(21)13-24-19(22)16-7-9-17(23-2)10-8-16/h3-10H,11-13H2,1-2H3,(H,20,21). The molecule has 5 heteroatoms. The molecule has 0 aliphatic rings. The Morgan fingerprint density at radius 1 is 1.04 bits per heavy atom. The summed E-state index contributed by atoms with van der Waals surface area (Å²) in [4.78, 5) is 23.6. The fourth-order valence-corrected chi connectivity index (χ4v) is 2.22. The second-order valence-electron chi connectivity index (χ2n) is 5.33. The first-order valence-electron chi connectivity index (χ1n) is 7.72. The number of methoxy groups -OCH3 is 1. The zero-order valence-corrected chi connectivity index (χ0v) is 13.9. The molecule has 2 aromatic carbocycles. The van der Waals surface area contributed by atoms with Crippen molar-refractivity contribution in [2.45, 2.75) is 13.3 Å². The van der Waals surface area contributed by atoms with Crippen LogP contribution in [0.3, 0.4) is 0 Å². The Hall–Kier alpha value is -2.82. The lowest BCUT2D eigenvalue weighted by Crippen LogP contribution is -2.30. The Morgan fingerprint density at radius 2 is 1.75 bits per heavy atom. The molecule has 0 radical (unpaired) electrons. The van der Waals surface area contributed by atoms with Gasteiger partial charge in [0.05, 0.1) is 12.7 Å². The molecule has 2 rings (SSSR count). The van der Waals surface area contributed by atoms with E-state index in [4.69, 9.17) is 9.47 Å². The predicted molar refractivity (Wildman–Crippen MR) is 91.2 cm³/mol. The summed E-state index contributed by atoms with van der Waals surface area (Å²) in [5.74, 6) is -0.197. The van der Waals surface area contributed by atoms with Crippen LogP contribution in [0.5, 0.6) is 5.75 Å². The van der Waals surface area contributed by atoms with Gasteiger partial charge in [0.15, 0.2) is 6.61 Å². The monoisotopic (exact) mass is 327 g/mol. The van der Waals surface area contributed by atoms with Crippen LogP contribution in [0, 0.1) is 6.92 Å². The molecule has 0 aliphatic heterocycles. The number of esters is 1. The van der Waals surface area contributed by atoms with Gasteiger partial charge in [0.2, 0.25) is 0 Å². The van der Waals surface area contributed by atoms with E-state index >= 15 is 0 Å². The molecule has 0 aromatic heterocycles. The van der Waals surface area contributed by atoms with E-state index in [1.165, 1.54) is 11.1 Å². The summed E-state index contributed by atoms with van der Waals surface area (Å²) in [5, 5.41) is 2.75. The van der Waals surface area contributed by atoms with Gasteiger partial charge in [-0.15, -0.1) is 0 Å². The third-order valence-corrected chi connectivity index (χ3v) is 3.64. The van der Waals surface area contributed by atoms with Crippen LogP contribution in [0.2, 0.25) is 0 Å². The maximum Gasteiger partial charge on any atom is 0.338 e. The van der Waals surface area contributed by atoms with Crippen LogP contribution in [-0.2, 0) is 16.0 Å². The Balaban J connectivity index is 1.72. The third kappa shape index (κ3) is 5.12. The number of carbonyl (C=O) groups is 2. The summed E-state index contributed by atoms with van der Waals surface area (Å²) in [6, 6.07) is 14.5. The number of carbonyl (C=O) groups excluding carboxylic acids is 2. The minimum Gasteiger partial charge on any atom is -0.497 e. The van der Waals surface area contributed by atoms with Gasteiger partial charge in [-0.2, -0.15) is 0 Å². The molecule has 0 saturated heterocycles. The average molecular weight is 327 g/mol. The van der Waals surface area contributed by atoms with Crippen LogP contribution in [-0.4, -0.2) is 32.1 Å². The summed E-state index contributed by atoms with van der Waals surface area (Å²) in [6.07, 6.45) is 0.741. The fraction of sp³-hybridized carbons (Fsp3) is 0.263. The quantitative estimate of drug-likeness (QED) is 0.794. The largest absolute Gasteiger partial charge is 0.497 e. The first kappa shape index (κ1) is 17.5. The van der Waals surface area contributed by atoms with Crippen molar-refractivity contribution in [1.29, 1.82) is 0 Å². The molecule has 0 aliphatic carbocycles. The molecule has 1 N–H and O–H groups in total. The number of benzene rings is 2. The predicted octanol–water partition coefficient (Wildman–Crippen LogP) is 2.52. The highest BCUT2D eigenvalue weighted by molar-refractivity contribution is 5.91. The van der Waals surface area contributed by atoms with Crippen LogP contribution in [0.4, 0.5) is 0 Å². The highest BCUT2D eigenvalue weighted by atomic mass is 16.5. The second-order valence-corrected chi connectivity index (χ2v) is 5.33. The molecule has 0 saturated carbocycles. The number of nitrogens with one attached hydrogen (secondary N) is 1. The van der Waals surface area contributed by atoms with E-state index in [2.05, 4.69) is 5.32 Å². The fourth-order valence-electron chi connectivity index (χ4n) is 2.22. The van der Waals surface area contributed by atoms with Crippen molar-refractivity contribution in [3.63, 3.8) is 0 Å². The van der Waals surface area contributed by atoms with Gasteiger partial charge in [-0.3, -0.25) is 4.79 Å². The summed E-state index contributed by atoms with van der Waals surface area (Å²) in [7, 11) is 1.55. The van der Waals surface area contributed by atoms with Gasteiger partial charge in [0, 0.05) is 6.54 Å². The zero-order chi connectivity index (χ0) is 17.4. The van der Waals surface area contributed by atoms with Gasteiger partial charge >= 0.3 is 5.97 Å². The first-order chi connectivity index (χ1) is 11.6. The number of ether oxygens (including phenoxy) is 2. The number of hydrogen-bond acceptors (Lipinski definition) is 4. The van der Waals surface area contributed by atoms with E-state index in [1.807, 2.05) is 31.2 Å².